The molecule has 0 bridgehead atoms. The van der Waals surface area contributed by atoms with Crippen LogP contribution in [-0.2, 0) is 21.3 Å². The van der Waals surface area contributed by atoms with Crippen LogP contribution in [0.4, 0.5) is 0 Å². The first kappa shape index (κ1) is 16.9. The molecule has 7 heteroatoms. The topological polar surface area (TPSA) is 58.6 Å². The number of hydrogen-bond acceptors (Lipinski definition) is 5. The summed E-state index contributed by atoms with van der Waals surface area (Å²) in [6.45, 7) is 4.65. The maximum Gasteiger partial charge on any atom is 0.252 e. The third-order valence-corrected chi connectivity index (χ3v) is 6.83. The van der Waals surface area contributed by atoms with Gasteiger partial charge in [0.25, 0.3) is 10.0 Å². The van der Waals surface area contributed by atoms with Crippen molar-refractivity contribution in [2.75, 3.05) is 26.8 Å². The normalized spacial score (nSPS) is 15.8. The van der Waals surface area contributed by atoms with Gasteiger partial charge in [-0.05, 0) is 42.8 Å². The van der Waals surface area contributed by atoms with E-state index in [1.807, 2.05) is 5.38 Å². The molecule has 0 saturated heterocycles. The van der Waals surface area contributed by atoms with Gasteiger partial charge in [0.15, 0.2) is 0 Å². The maximum absolute atomic E-state index is 12.7. The Morgan fingerprint density at radius 3 is 2.86 bits per heavy atom. The first-order valence-electron chi connectivity index (χ1n) is 7.38. The number of nitrogens with one attached hydrogen (secondary N) is 1. The molecule has 1 aromatic rings. The number of ether oxygens (including phenoxy) is 1. The molecule has 1 heterocycles. The molecule has 1 aromatic heterocycles. The summed E-state index contributed by atoms with van der Waals surface area (Å²) in [4.78, 5) is 0. The van der Waals surface area contributed by atoms with E-state index >= 15 is 0 Å². The van der Waals surface area contributed by atoms with Crippen molar-refractivity contribution < 1.29 is 13.2 Å². The lowest BCUT2D eigenvalue weighted by molar-refractivity contribution is 0.177. The Morgan fingerprint density at radius 2 is 2.24 bits per heavy atom. The van der Waals surface area contributed by atoms with Crippen LogP contribution in [0.2, 0.25) is 0 Å². The van der Waals surface area contributed by atoms with Gasteiger partial charge in [0, 0.05) is 26.2 Å². The van der Waals surface area contributed by atoms with E-state index in [4.69, 9.17) is 4.74 Å². The molecular formula is C14H24N2O3S2. The molecule has 0 aliphatic heterocycles. The largest absolute Gasteiger partial charge is 0.383 e. The van der Waals surface area contributed by atoms with Crippen LogP contribution < -0.4 is 5.32 Å². The number of thiophene rings is 1. The zero-order valence-corrected chi connectivity index (χ0v) is 14.3. The summed E-state index contributed by atoms with van der Waals surface area (Å²) in [6, 6.07) is 1.96. The lowest BCUT2D eigenvalue weighted by atomic mass is 10.3. The van der Waals surface area contributed by atoms with Crippen LogP contribution in [0.25, 0.3) is 0 Å². The van der Waals surface area contributed by atoms with E-state index in [1.165, 1.54) is 11.3 Å². The fourth-order valence-electron chi connectivity index (χ4n) is 2.15. The van der Waals surface area contributed by atoms with Crippen molar-refractivity contribution in [3.63, 3.8) is 0 Å². The highest BCUT2D eigenvalue weighted by molar-refractivity contribution is 7.91. The van der Waals surface area contributed by atoms with Crippen LogP contribution in [0.1, 0.15) is 31.7 Å². The summed E-state index contributed by atoms with van der Waals surface area (Å²) in [6.07, 6.45) is 2.99. The number of nitrogens with zero attached hydrogens (tertiary/aromatic N) is 1. The van der Waals surface area contributed by atoms with Crippen molar-refractivity contribution in [1.82, 2.24) is 9.62 Å². The van der Waals surface area contributed by atoms with Crippen LogP contribution in [0.15, 0.2) is 15.7 Å². The van der Waals surface area contributed by atoms with Gasteiger partial charge in [0.2, 0.25) is 0 Å². The maximum atomic E-state index is 12.7. The van der Waals surface area contributed by atoms with Crippen molar-refractivity contribution in [3.8, 4) is 0 Å². The Kier molecular flexibility index (Phi) is 6.19. The molecule has 1 fully saturated rings. The Balaban J connectivity index is 2.06. The van der Waals surface area contributed by atoms with Gasteiger partial charge in [-0.3, -0.25) is 0 Å². The summed E-state index contributed by atoms with van der Waals surface area (Å²) in [5.41, 5.74) is 1.04. The van der Waals surface area contributed by atoms with Crippen molar-refractivity contribution >= 4 is 21.4 Å². The van der Waals surface area contributed by atoms with Crippen molar-refractivity contribution in [1.29, 1.82) is 0 Å². The van der Waals surface area contributed by atoms with E-state index in [-0.39, 0.29) is 6.04 Å². The number of hydrogen-bond donors (Lipinski definition) is 1. The summed E-state index contributed by atoms with van der Waals surface area (Å²) in [5, 5.41) is 5.22. The average Bonchev–Trinajstić information content (AvgIpc) is 3.16. The van der Waals surface area contributed by atoms with Gasteiger partial charge in [0.1, 0.15) is 4.21 Å². The molecular weight excluding hydrogens is 308 g/mol. The second-order valence-electron chi connectivity index (χ2n) is 5.29. The van der Waals surface area contributed by atoms with Gasteiger partial charge in [-0.25, -0.2) is 8.42 Å². The Hall–Kier alpha value is -0.470. The van der Waals surface area contributed by atoms with Gasteiger partial charge >= 0.3 is 0 Å². The summed E-state index contributed by atoms with van der Waals surface area (Å²) in [5.74, 6) is 0. The highest BCUT2D eigenvalue weighted by Gasteiger charge is 2.38. The molecule has 0 atom stereocenters. The smallest absolute Gasteiger partial charge is 0.252 e. The van der Waals surface area contributed by atoms with Gasteiger partial charge in [-0.1, -0.05) is 6.92 Å². The Bertz CT molecular complexity index is 538. The molecule has 1 aliphatic carbocycles. The molecule has 1 N–H and O–H groups in total. The van der Waals surface area contributed by atoms with E-state index in [9.17, 15) is 8.42 Å². The van der Waals surface area contributed by atoms with Crippen molar-refractivity contribution in [3.05, 3.63) is 17.0 Å². The molecule has 1 saturated carbocycles. The van der Waals surface area contributed by atoms with Crippen LogP contribution in [0, 0.1) is 0 Å². The fraction of sp³-hybridized carbons (Fsp3) is 0.714. The molecule has 2 rings (SSSR count). The highest BCUT2D eigenvalue weighted by Crippen LogP contribution is 2.33. The monoisotopic (exact) mass is 332 g/mol. The van der Waals surface area contributed by atoms with Crippen LogP contribution in [-0.4, -0.2) is 45.6 Å². The van der Waals surface area contributed by atoms with E-state index in [1.54, 1.807) is 17.5 Å². The van der Waals surface area contributed by atoms with Crippen LogP contribution in [0.5, 0.6) is 0 Å². The van der Waals surface area contributed by atoms with E-state index in [0.717, 1.165) is 37.9 Å². The SMILES string of the molecule is CCCNCc1csc(S(=O)(=O)N(CCOC)C2CC2)c1. The first-order valence-corrected chi connectivity index (χ1v) is 9.70. The van der Waals surface area contributed by atoms with Gasteiger partial charge < -0.3 is 10.1 Å². The third kappa shape index (κ3) is 4.50. The predicted molar refractivity (Wildman–Crippen MR) is 85.1 cm³/mol. The standard InChI is InChI=1S/C14H24N2O3S2/c1-3-6-15-10-12-9-14(20-11-12)21(17,18)16(7-8-19-2)13-4-5-13/h9,11,13,15H,3-8,10H2,1-2H3. The molecule has 0 spiro atoms. The van der Waals surface area contributed by atoms with E-state index < -0.39 is 10.0 Å². The summed E-state index contributed by atoms with van der Waals surface area (Å²) >= 11 is 1.31. The summed E-state index contributed by atoms with van der Waals surface area (Å²) < 4.78 is 32.5. The first-order chi connectivity index (χ1) is 10.1. The average molecular weight is 332 g/mol. The lowest BCUT2D eigenvalue weighted by Crippen LogP contribution is -2.35. The van der Waals surface area contributed by atoms with E-state index in [2.05, 4.69) is 12.2 Å². The second-order valence-corrected chi connectivity index (χ2v) is 8.32. The van der Waals surface area contributed by atoms with Gasteiger partial charge in [-0.15, -0.1) is 11.3 Å². The molecule has 5 nitrogen and oxygen atoms in total. The predicted octanol–water partition coefficient (Wildman–Crippen LogP) is 2.05. The molecule has 21 heavy (non-hydrogen) atoms. The number of rotatable bonds is 10. The van der Waals surface area contributed by atoms with Crippen molar-refractivity contribution in [2.24, 2.45) is 0 Å². The molecule has 0 aromatic carbocycles. The minimum absolute atomic E-state index is 0.161. The number of methoxy groups -OCH3 is 1. The third-order valence-electron chi connectivity index (χ3n) is 3.42. The van der Waals surface area contributed by atoms with Gasteiger partial charge in [-0.2, -0.15) is 4.31 Å². The van der Waals surface area contributed by atoms with Crippen molar-refractivity contribution in [2.45, 2.75) is 43.0 Å². The zero-order valence-electron chi connectivity index (χ0n) is 12.7. The van der Waals surface area contributed by atoms with E-state index in [0.29, 0.717) is 17.4 Å². The second kappa shape index (κ2) is 7.69. The quantitative estimate of drug-likeness (QED) is 0.666. The van der Waals surface area contributed by atoms with Gasteiger partial charge in [0.05, 0.1) is 6.61 Å². The zero-order chi connectivity index (χ0) is 15.3. The molecule has 1 aliphatic rings. The Labute approximate surface area is 131 Å². The lowest BCUT2D eigenvalue weighted by Gasteiger charge is -2.20. The minimum Gasteiger partial charge on any atom is -0.383 e. The van der Waals surface area contributed by atoms with Crippen LogP contribution >= 0.6 is 11.3 Å². The summed E-state index contributed by atoms with van der Waals surface area (Å²) in [7, 11) is -1.78. The highest BCUT2D eigenvalue weighted by atomic mass is 32.2. The minimum atomic E-state index is -3.38. The molecule has 0 unspecified atom stereocenters. The Morgan fingerprint density at radius 1 is 1.48 bits per heavy atom. The number of sulfonamides is 1. The fourth-order valence-corrected chi connectivity index (χ4v) is 5.15. The molecule has 120 valence electrons. The molecule has 0 radical (unpaired) electrons. The molecule has 0 amide bonds. The van der Waals surface area contributed by atoms with Crippen LogP contribution in [0.3, 0.4) is 0 Å².